The largest absolute Gasteiger partial charge is 0.497 e. The monoisotopic (exact) mass is 382 g/mol. The molecule has 1 aliphatic rings. The van der Waals surface area contributed by atoms with Crippen molar-refractivity contribution < 1.29 is 14.3 Å². The highest BCUT2D eigenvalue weighted by molar-refractivity contribution is 6.30. The number of hydrogen-bond acceptors (Lipinski definition) is 3. The molecule has 1 saturated heterocycles. The molecule has 2 amide bonds. The van der Waals surface area contributed by atoms with Crippen LogP contribution in [0.3, 0.4) is 0 Å². The van der Waals surface area contributed by atoms with Crippen molar-refractivity contribution in [1.29, 1.82) is 0 Å². The molecule has 0 aliphatic carbocycles. The second-order valence-electron chi connectivity index (χ2n) is 6.14. The molecule has 1 fully saturated rings. The number of hydrogen-bond donors (Lipinski definition) is 1. The van der Waals surface area contributed by atoms with Gasteiger partial charge in [0.25, 0.3) is 0 Å². The molecule has 1 aliphatic heterocycles. The Kier molecular flexibility index (Phi) is 6.00. The van der Waals surface area contributed by atoms with E-state index in [1.54, 1.807) is 30.2 Å². The maximum Gasteiger partial charge on any atom is 0.227 e. The van der Waals surface area contributed by atoms with Crippen LogP contribution in [0.1, 0.15) is 12.0 Å². The van der Waals surface area contributed by atoms with Gasteiger partial charge in [-0.05, 0) is 30.3 Å². The highest BCUT2D eigenvalue weighted by Crippen LogP contribution is 2.27. The van der Waals surface area contributed by atoms with Crippen LogP contribution < -0.4 is 15.0 Å². The molecular weight excluding hydrogens is 364 g/mol. The van der Waals surface area contributed by atoms with Crippen LogP contribution >= 0.6 is 11.6 Å². The van der Waals surface area contributed by atoms with Crippen LogP contribution in [0.5, 0.6) is 5.75 Å². The minimum Gasteiger partial charge on any atom is -0.497 e. The van der Waals surface area contributed by atoms with E-state index in [0.717, 1.165) is 11.3 Å². The molecule has 27 heavy (non-hydrogen) atoms. The van der Waals surface area contributed by atoms with Crippen molar-refractivity contribution in [3.63, 3.8) is 0 Å². The summed E-state index contributed by atoms with van der Waals surface area (Å²) in [5.74, 6) is 5.88. The smallest absolute Gasteiger partial charge is 0.227 e. The number of halogens is 1. The minimum atomic E-state index is -0.392. The third-order valence-corrected chi connectivity index (χ3v) is 4.50. The first-order valence-corrected chi connectivity index (χ1v) is 8.91. The zero-order valence-electron chi connectivity index (χ0n) is 14.9. The van der Waals surface area contributed by atoms with Crippen molar-refractivity contribution in [3.8, 4) is 17.6 Å². The van der Waals surface area contributed by atoms with Gasteiger partial charge in [-0.1, -0.05) is 35.6 Å². The molecule has 0 aromatic heterocycles. The molecule has 138 valence electrons. The summed E-state index contributed by atoms with van der Waals surface area (Å²) in [5, 5.41) is 3.39. The Labute approximate surface area is 163 Å². The van der Waals surface area contributed by atoms with E-state index in [9.17, 15) is 9.59 Å². The number of anilines is 1. The molecule has 2 aromatic rings. The summed E-state index contributed by atoms with van der Waals surface area (Å²) in [6.07, 6.45) is 0.185. The van der Waals surface area contributed by atoms with Gasteiger partial charge in [0.05, 0.1) is 19.6 Å². The summed E-state index contributed by atoms with van der Waals surface area (Å²) in [4.78, 5) is 26.3. The molecule has 6 heteroatoms. The maximum absolute atomic E-state index is 12.4. The Morgan fingerprint density at radius 2 is 2.11 bits per heavy atom. The average Bonchev–Trinajstić information content (AvgIpc) is 3.07. The van der Waals surface area contributed by atoms with Gasteiger partial charge in [-0.25, -0.2) is 0 Å². The third kappa shape index (κ3) is 4.81. The van der Waals surface area contributed by atoms with Crippen molar-refractivity contribution in [1.82, 2.24) is 5.32 Å². The Morgan fingerprint density at radius 1 is 1.30 bits per heavy atom. The normalized spacial score (nSPS) is 15.9. The molecule has 1 unspecified atom stereocenters. The summed E-state index contributed by atoms with van der Waals surface area (Å²) in [6, 6.07) is 14.5. The maximum atomic E-state index is 12.4. The lowest BCUT2D eigenvalue weighted by Gasteiger charge is -2.17. The number of nitrogens with one attached hydrogen (secondary N) is 1. The van der Waals surface area contributed by atoms with Crippen molar-refractivity contribution in [3.05, 3.63) is 59.1 Å². The second-order valence-corrected chi connectivity index (χ2v) is 6.57. The highest BCUT2D eigenvalue weighted by atomic mass is 35.5. The third-order valence-electron chi connectivity index (χ3n) is 4.27. The average molecular weight is 383 g/mol. The number of methoxy groups -OCH3 is 1. The Morgan fingerprint density at radius 3 is 2.89 bits per heavy atom. The van der Waals surface area contributed by atoms with E-state index in [0.29, 0.717) is 17.3 Å². The Bertz CT molecular complexity index is 917. The van der Waals surface area contributed by atoms with Crippen LogP contribution in [0, 0.1) is 17.8 Å². The number of rotatable bonds is 4. The molecule has 0 saturated carbocycles. The molecule has 0 spiro atoms. The van der Waals surface area contributed by atoms with Gasteiger partial charge in [-0.2, -0.15) is 0 Å². The minimum absolute atomic E-state index is 0.0755. The zero-order valence-corrected chi connectivity index (χ0v) is 15.6. The van der Waals surface area contributed by atoms with E-state index < -0.39 is 5.92 Å². The fourth-order valence-electron chi connectivity index (χ4n) is 2.90. The van der Waals surface area contributed by atoms with Gasteiger partial charge in [-0.3, -0.25) is 9.59 Å². The molecular formula is C21H19ClN2O3. The number of ether oxygens (including phenoxy) is 1. The van der Waals surface area contributed by atoms with Crippen LogP contribution in [-0.4, -0.2) is 32.0 Å². The van der Waals surface area contributed by atoms with E-state index >= 15 is 0 Å². The topological polar surface area (TPSA) is 58.6 Å². The SMILES string of the molecule is COc1cccc(N2CC(C(=O)NCC#Cc3cccc(Cl)c3)CC2=O)c1. The van der Waals surface area contributed by atoms with E-state index in [2.05, 4.69) is 17.2 Å². The predicted molar refractivity (Wildman–Crippen MR) is 105 cm³/mol. The fourth-order valence-corrected chi connectivity index (χ4v) is 3.09. The first kappa shape index (κ1) is 18.8. The fraction of sp³-hybridized carbons (Fsp3) is 0.238. The van der Waals surface area contributed by atoms with Crippen molar-refractivity contribution in [2.75, 3.05) is 25.1 Å². The summed E-state index contributed by atoms with van der Waals surface area (Å²) < 4.78 is 5.19. The van der Waals surface area contributed by atoms with Crippen LogP contribution in [-0.2, 0) is 9.59 Å². The Hall–Kier alpha value is -2.97. The van der Waals surface area contributed by atoms with Crippen LogP contribution in [0.4, 0.5) is 5.69 Å². The van der Waals surface area contributed by atoms with Crippen LogP contribution in [0.2, 0.25) is 5.02 Å². The number of amides is 2. The quantitative estimate of drug-likeness (QED) is 0.827. The van der Waals surface area contributed by atoms with Crippen LogP contribution in [0.25, 0.3) is 0 Å². The van der Waals surface area contributed by atoms with Gasteiger partial charge in [-0.15, -0.1) is 0 Å². The van der Waals surface area contributed by atoms with E-state index in [-0.39, 0.29) is 24.8 Å². The summed E-state index contributed by atoms with van der Waals surface area (Å²) in [6.45, 7) is 0.564. The standard InChI is InChI=1S/C21H19ClN2O3/c1-27-19-9-3-8-18(13-19)24-14-16(12-20(24)25)21(26)23-10-4-6-15-5-2-7-17(22)11-15/h2-3,5,7-9,11,13,16H,10,12,14H2,1H3,(H,23,26). The van der Waals surface area contributed by atoms with Gasteiger partial charge in [0.2, 0.25) is 11.8 Å². The lowest BCUT2D eigenvalue weighted by atomic mass is 10.1. The lowest BCUT2D eigenvalue weighted by molar-refractivity contribution is -0.126. The number of carbonyl (C=O) groups is 2. The predicted octanol–water partition coefficient (Wildman–Crippen LogP) is 2.87. The van der Waals surface area contributed by atoms with Gasteiger partial charge < -0.3 is 15.0 Å². The molecule has 3 rings (SSSR count). The summed E-state index contributed by atoms with van der Waals surface area (Å²) in [5.41, 5.74) is 1.52. The molecule has 0 bridgehead atoms. The lowest BCUT2D eigenvalue weighted by Crippen LogP contribution is -2.33. The molecule has 2 aromatic carbocycles. The van der Waals surface area contributed by atoms with Gasteiger partial charge in [0.15, 0.2) is 0 Å². The summed E-state index contributed by atoms with van der Waals surface area (Å²) >= 11 is 5.91. The molecule has 5 nitrogen and oxygen atoms in total. The molecule has 1 atom stereocenters. The highest BCUT2D eigenvalue weighted by Gasteiger charge is 2.35. The number of benzene rings is 2. The van der Waals surface area contributed by atoms with Crippen LogP contribution in [0.15, 0.2) is 48.5 Å². The van der Waals surface area contributed by atoms with E-state index in [1.165, 1.54) is 0 Å². The first-order valence-electron chi connectivity index (χ1n) is 8.53. The number of carbonyl (C=O) groups excluding carboxylic acids is 2. The Balaban J connectivity index is 1.56. The molecule has 0 radical (unpaired) electrons. The first-order chi connectivity index (χ1) is 13.1. The van der Waals surface area contributed by atoms with Crippen molar-refractivity contribution >= 4 is 29.1 Å². The summed E-state index contributed by atoms with van der Waals surface area (Å²) in [7, 11) is 1.57. The van der Waals surface area contributed by atoms with E-state index in [1.807, 2.05) is 30.3 Å². The van der Waals surface area contributed by atoms with Gasteiger partial charge >= 0.3 is 0 Å². The van der Waals surface area contributed by atoms with Gasteiger partial charge in [0, 0.05) is 35.3 Å². The van der Waals surface area contributed by atoms with E-state index in [4.69, 9.17) is 16.3 Å². The van der Waals surface area contributed by atoms with Gasteiger partial charge in [0.1, 0.15) is 5.75 Å². The molecule has 1 N–H and O–H groups in total. The zero-order chi connectivity index (χ0) is 19.2. The number of nitrogens with zero attached hydrogens (tertiary/aromatic N) is 1. The van der Waals surface area contributed by atoms with Crippen molar-refractivity contribution in [2.45, 2.75) is 6.42 Å². The van der Waals surface area contributed by atoms with Crippen molar-refractivity contribution in [2.24, 2.45) is 5.92 Å². The second kappa shape index (κ2) is 8.61. The molecule has 1 heterocycles.